The van der Waals surface area contributed by atoms with Crippen LogP contribution < -0.4 is 5.32 Å². The third-order valence-electron chi connectivity index (χ3n) is 6.57. The van der Waals surface area contributed by atoms with Crippen LogP contribution in [0.2, 0.25) is 0 Å². The van der Waals surface area contributed by atoms with Crippen molar-refractivity contribution in [2.75, 3.05) is 26.2 Å². The highest BCUT2D eigenvalue weighted by atomic mass is 16.3. The summed E-state index contributed by atoms with van der Waals surface area (Å²) in [6.07, 6.45) is 3.58. The smallest absolute Gasteiger partial charge is 0.231 e. The molecule has 2 N–H and O–H groups in total. The Balaban J connectivity index is 1.36. The molecule has 30 heavy (non-hydrogen) atoms. The maximum absolute atomic E-state index is 13.5. The first-order chi connectivity index (χ1) is 14.7. The van der Waals surface area contributed by atoms with Crippen LogP contribution in [0, 0.1) is 5.92 Å². The normalized spacial score (nSPS) is 19.2. The number of benzene rings is 2. The van der Waals surface area contributed by atoms with E-state index in [1.165, 1.54) is 0 Å². The first-order valence-electron chi connectivity index (χ1n) is 10.7. The van der Waals surface area contributed by atoms with Crippen molar-refractivity contribution in [3.63, 3.8) is 0 Å². The number of amides is 1. The van der Waals surface area contributed by atoms with Gasteiger partial charge in [0.2, 0.25) is 5.91 Å². The molecule has 1 saturated carbocycles. The van der Waals surface area contributed by atoms with Gasteiger partial charge in [-0.2, -0.15) is 0 Å². The average Bonchev–Trinajstić information content (AvgIpc) is 3.57. The predicted molar refractivity (Wildman–Crippen MR) is 117 cm³/mol. The average molecular weight is 402 g/mol. The third kappa shape index (κ3) is 3.59. The summed E-state index contributed by atoms with van der Waals surface area (Å²) in [7, 11) is 0. The molecule has 0 spiro atoms. The van der Waals surface area contributed by atoms with Crippen molar-refractivity contribution < 1.29 is 9.90 Å². The standard InChI is InChI=1S/C25H27N3O2/c29-17-18-14-28(15-18)16-23(19-6-2-1-3-7-19)27-24(30)25(10-11-25)21-12-20-8-4-5-9-22(20)26-13-21/h1-9,12-13,18,23,29H,10-11,14-17H2,(H,27,30). The van der Waals surface area contributed by atoms with E-state index < -0.39 is 5.41 Å². The number of nitrogens with one attached hydrogen (secondary N) is 1. The van der Waals surface area contributed by atoms with Gasteiger partial charge >= 0.3 is 0 Å². The van der Waals surface area contributed by atoms with E-state index >= 15 is 0 Å². The fourth-order valence-corrected chi connectivity index (χ4v) is 4.52. The zero-order valence-electron chi connectivity index (χ0n) is 17.0. The second kappa shape index (κ2) is 7.82. The van der Waals surface area contributed by atoms with Crippen molar-refractivity contribution >= 4 is 16.8 Å². The van der Waals surface area contributed by atoms with Gasteiger partial charge in [-0.3, -0.25) is 9.78 Å². The highest BCUT2D eigenvalue weighted by Gasteiger charge is 2.52. The summed E-state index contributed by atoms with van der Waals surface area (Å²) >= 11 is 0. The molecule has 2 aromatic carbocycles. The Morgan fingerprint density at radius 1 is 1.13 bits per heavy atom. The minimum atomic E-state index is -0.466. The number of aromatic nitrogens is 1. The number of rotatable bonds is 7. The number of aliphatic hydroxyl groups excluding tert-OH is 1. The van der Waals surface area contributed by atoms with Gasteiger partial charge in [-0.15, -0.1) is 0 Å². The van der Waals surface area contributed by atoms with E-state index in [2.05, 4.69) is 33.4 Å². The van der Waals surface area contributed by atoms with Gasteiger partial charge in [-0.05, 0) is 36.1 Å². The Kier molecular flexibility index (Phi) is 5.01. The fourth-order valence-electron chi connectivity index (χ4n) is 4.52. The molecule has 2 fully saturated rings. The van der Waals surface area contributed by atoms with Gasteiger partial charge < -0.3 is 15.3 Å². The van der Waals surface area contributed by atoms with Crippen molar-refractivity contribution in [3.05, 3.63) is 78.0 Å². The van der Waals surface area contributed by atoms with Crippen LogP contribution in [0.1, 0.15) is 30.0 Å². The molecule has 5 nitrogen and oxygen atoms in total. The van der Waals surface area contributed by atoms with Crippen molar-refractivity contribution in [3.8, 4) is 0 Å². The van der Waals surface area contributed by atoms with Crippen LogP contribution in [0.25, 0.3) is 10.9 Å². The molecule has 5 heteroatoms. The molecule has 5 rings (SSSR count). The number of hydrogen-bond donors (Lipinski definition) is 2. The van der Waals surface area contributed by atoms with E-state index in [0.29, 0.717) is 5.92 Å². The van der Waals surface area contributed by atoms with Gasteiger partial charge in [-0.25, -0.2) is 0 Å². The molecule has 1 aliphatic heterocycles. The van der Waals surface area contributed by atoms with Gasteiger partial charge in [0.15, 0.2) is 0 Å². The second-order valence-corrected chi connectivity index (χ2v) is 8.70. The Labute approximate surface area is 176 Å². The number of carbonyl (C=O) groups is 1. The molecule has 1 unspecified atom stereocenters. The maximum Gasteiger partial charge on any atom is 0.231 e. The maximum atomic E-state index is 13.5. The number of carbonyl (C=O) groups excluding carboxylic acids is 1. The van der Waals surface area contributed by atoms with Gasteiger partial charge in [0.1, 0.15) is 0 Å². The number of fused-ring (bicyclic) bond motifs is 1. The van der Waals surface area contributed by atoms with E-state index in [-0.39, 0.29) is 18.6 Å². The molecule has 1 amide bonds. The fraction of sp³-hybridized carbons (Fsp3) is 0.360. The van der Waals surface area contributed by atoms with E-state index in [9.17, 15) is 9.90 Å². The lowest BCUT2D eigenvalue weighted by Crippen LogP contribution is -2.52. The Morgan fingerprint density at radius 3 is 2.60 bits per heavy atom. The molecule has 1 saturated heterocycles. The Bertz CT molecular complexity index is 1040. The largest absolute Gasteiger partial charge is 0.396 e. The molecule has 154 valence electrons. The molecule has 0 bridgehead atoms. The van der Waals surface area contributed by atoms with Gasteiger partial charge in [0, 0.05) is 43.7 Å². The summed E-state index contributed by atoms with van der Waals surface area (Å²) < 4.78 is 0. The van der Waals surface area contributed by atoms with Crippen LogP contribution in [0.4, 0.5) is 0 Å². The number of hydrogen-bond acceptors (Lipinski definition) is 4. The molecule has 0 radical (unpaired) electrons. The lowest BCUT2D eigenvalue weighted by atomic mass is 9.93. The zero-order chi connectivity index (χ0) is 20.6. The van der Waals surface area contributed by atoms with Crippen molar-refractivity contribution in [2.24, 2.45) is 5.92 Å². The lowest BCUT2D eigenvalue weighted by Gasteiger charge is -2.40. The predicted octanol–water partition coefficient (Wildman–Crippen LogP) is 3.05. The van der Waals surface area contributed by atoms with E-state index in [0.717, 1.165) is 54.5 Å². The summed E-state index contributed by atoms with van der Waals surface area (Å²) in [6.45, 7) is 2.76. The quantitative estimate of drug-likeness (QED) is 0.639. The molecular formula is C25H27N3O2. The first kappa shape index (κ1) is 19.2. The summed E-state index contributed by atoms with van der Waals surface area (Å²) in [4.78, 5) is 20.3. The molecule has 3 aromatic rings. The monoisotopic (exact) mass is 401 g/mol. The molecule has 2 aliphatic rings. The van der Waals surface area contributed by atoms with E-state index in [1.54, 1.807) is 0 Å². The van der Waals surface area contributed by atoms with E-state index in [1.807, 2.05) is 48.7 Å². The zero-order valence-corrected chi connectivity index (χ0v) is 17.0. The number of pyridine rings is 1. The highest BCUT2D eigenvalue weighted by molar-refractivity contribution is 5.93. The van der Waals surface area contributed by atoms with E-state index in [4.69, 9.17) is 0 Å². The highest BCUT2D eigenvalue weighted by Crippen LogP contribution is 2.49. The van der Waals surface area contributed by atoms with Crippen molar-refractivity contribution in [2.45, 2.75) is 24.3 Å². The number of likely N-dealkylation sites (tertiary alicyclic amines) is 1. The topological polar surface area (TPSA) is 65.5 Å². The summed E-state index contributed by atoms with van der Waals surface area (Å²) in [5.41, 5.74) is 2.61. The third-order valence-corrected chi connectivity index (χ3v) is 6.57. The van der Waals surface area contributed by atoms with Crippen LogP contribution in [0.5, 0.6) is 0 Å². The molecule has 1 atom stereocenters. The Hall–Kier alpha value is -2.76. The minimum Gasteiger partial charge on any atom is -0.396 e. The molecule has 1 aromatic heterocycles. The van der Waals surface area contributed by atoms with Crippen LogP contribution >= 0.6 is 0 Å². The van der Waals surface area contributed by atoms with Crippen LogP contribution in [0.15, 0.2) is 66.9 Å². The molecule has 2 heterocycles. The number of nitrogens with zero attached hydrogens (tertiary/aromatic N) is 2. The number of para-hydroxylation sites is 1. The SMILES string of the molecule is O=C(NC(CN1CC(CO)C1)c1ccccc1)C1(c2cnc3ccccc3c2)CC1. The van der Waals surface area contributed by atoms with Crippen LogP contribution in [-0.2, 0) is 10.2 Å². The van der Waals surface area contributed by atoms with Crippen LogP contribution in [-0.4, -0.2) is 47.1 Å². The number of aliphatic hydroxyl groups is 1. The first-order valence-corrected chi connectivity index (χ1v) is 10.7. The summed E-state index contributed by atoms with van der Waals surface area (Å²) in [6, 6.07) is 20.3. The summed E-state index contributed by atoms with van der Waals surface area (Å²) in [5.74, 6) is 0.447. The summed E-state index contributed by atoms with van der Waals surface area (Å²) in [5, 5.41) is 13.7. The van der Waals surface area contributed by atoms with Crippen molar-refractivity contribution in [1.29, 1.82) is 0 Å². The minimum absolute atomic E-state index is 0.0655. The van der Waals surface area contributed by atoms with Crippen LogP contribution in [0.3, 0.4) is 0 Å². The Morgan fingerprint density at radius 2 is 1.87 bits per heavy atom. The van der Waals surface area contributed by atoms with Gasteiger partial charge in [0.25, 0.3) is 0 Å². The second-order valence-electron chi connectivity index (χ2n) is 8.70. The van der Waals surface area contributed by atoms with Crippen molar-refractivity contribution in [1.82, 2.24) is 15.2 Å². The molecular weight excluding hydrogens is 374 g/mol. The lowest BCUT2D eigenvalue weighted by molar-refractivity contribution is -0.124. The molecule has 1 aliphatic carbocycles. The van der Waals surface area contributed by atoms with Gasteiger partial charge in [-0.1, -0.05) is 48.5 Å². The van der Waals surface area contributed by atoms with Gasteiger partial charge in [0.05, 0.1) is 17.0 Å².